The Morgan fingerprint density at radius 2 is 2.06 bits per heavy atom. The molecule has 0 atom stereocenters. The van der Waals surface area contributed by atoms with Crippen molar-refractivity contribution in [1.82, 2.24) is 0 Å². The molecule has 1 aromatic carbocycles. The maximum atomic E-state index is 12.1. The van der Waals surface area contributed by atoms with Gasteiger partial charge in [0.05, 0.1) is 0 Å². The van der Waals surface area contributed by atoms with E-state index in [-0.39, 0.29) is 6.42 Å². The highest BCUT2D eigenvalue weighted by atomic mass is 19.4. The van der Waals surface area contributed by atoms with Gasteiger partial charge in [0, 0.05) is 30.9 Å². The summed E-state index contributed by atoms with van der Waals surface area (Å²) in [6.07, 6.45) is -3.76. The van der Waals surface area contributed by atoms with E-state index >= 15 is 0 Å². The number of nitrogen functional groups attached to an aromatic ring is 1. The Morgan fingerprint density at radius 3 is 2.72 bits per heavy atom. The molecule has 1 heterocycles. The molecule has 2 N–H and O–H groups in total. The van der Waals surface area contributed by atoms with E-state index in [0.717, 1.165) is 24.2 Å². The molecule has 2 rings (SSSR count). The summed E-state index contributed by atoms with van der Waals surface area (Å²) in [5.41, 5.74) is 9.77. The first kappa shape index (κ1) is 13.1. The number of alkyl halides is 3. The number of benzene rings is 1. The minimum atomic E-state index is -4.06. The second-order valence-corrected chi connectivity index (χ2v) is 4.79. The lowest BCUT2D eigenvalue weighted by molar-refractivity contribution is -0.135. The first-order chi connectivity index (χ1) is 8.37. The SMILES string of the molecule is Cc1cc2c(cc1N)N(CCCC(F)(F)F)CC2. The number of rotatable bonds is 3. The van der Waals surface area contributed by atoms with Crippen molar-refractivity contribution in [2.45, 2.75) is 32.4 Å². The van der Waals surface area contributed by atoms with Crippen LogP contribution in [-0.2, 0) is 6.42 Å². The minimum absolute atomic E-state index is 0.136. The van der Waals surface area contributed by atoms with E-state index in [4.69, 9.17) is 5.73 Å². The van der Waals surface area contributed by atoms with Crippen molar-refractivity contribution in [3.63, 3.8) is 0 Å². The van der Waals surface area contributed by atoms with Crippen LogP contribution >= 0.6 is 0 Å². The molecule has 18 heavy (non-hydrogen) atoms. The third-order valence-electron chi connectivity index (χ3n) is 3.35. The number of anilines is 2. The lowest BCUT2D eigenvalue weighted by atomic mass is 10.1. The zero-order valence-electron chi connectivity index (χ0n) is 10.3. The van der Waals surface area contributed by atoms with Gasteiger partial charge in [0.25, 0.3) is 0 Å². The predicted molar refractivity (Wildman–Crippen MR) is 66.8 cm³/mol. The van der Waals surface area contributed by atoms with Gasteiger partial charge >= 0.3 is 6.18 Å². The first-order valence-corrected chi connectivity index (χ1v) is 6.07. The molecule has 0 saturated carbocycles. The lowest BCUT2D eigenvalue weighted by Gasteiger charge is -2.20. The van der Waals surface area contributed by atoms with Gasteiger partial charge in [-0.05, 0) is 37.0 Å². The first-order valence-electron chi connectivity index (χ1n) is 6.07. The summed E-state index contributed by atoms with van der Waals surface area (Å²) in [7, 11) is 0. The van der Waals surface area contributed by atoms with E-state index in [2.05, 4.69) is 0 Å². The monoisotopic (exact) mass is 258 g/mol. The molecule has 0 amide bonds. The highest BCUT2D eigenvalue weighted by Gasteiger charge is 2.27. The molecule has 100 valence electrons. The van der Waals surface area contributed by atoms with Gasteiger partial charge in [-0.25, -0.2) is 0 Å². The van der Waals surface area contributed by atoms with Crippen LogP contribution in [-0.4, -0.2) is 19.3 Å². The number of nitrogens with zero attached hydrogens (tertiary/aromatic N) is 1. The number of halogens is 3. The van der Waals surface area contributed by atoms with E-state index in [1.54, 1.807) is 0 Å². The second kappa shape index (κ2) is 4.71. The maximum absolute atomic E-state index is 12.1. The van der Waals surface area contributed by atoms with Crippen molar-refractivity contribution in [2.75, 3.05) is 23.7 Å². The van der Waals surface area contributed by atoms with Crippen LogP contribution in [0.2, 0.25) is 0 Å². The summed E-state index contributed by atoms with van der Waals surface area (Å²) in [4.78, 5) is 2.00. The molecule has 0 fully saturated rings. The molecule has 0 saturated heterocycles. The van der Waals surface area contributed by atoms with Gasteiger partial charge in [-0.15, -0.1) is 0 Å². The summed E-state index contributed by atoms with van der Waals surface area (Å²) < 4.78 is 36.3. The summed E-state index contributed by atoms with van der Waals surface area (Å²) >= 11 is 0. The van der Waals surface area contributed by atoms with Gasteiger partial charge < -0.3 is 10.6 Å². The molecular formula is C13H17F3N2. The van der Waals surface area contributed by atoms with Gasteiger partial charge in [0.2, 0.25) is 0 Å². The minimum Gasteiger partial charge on any atom is -0.398 e. The number of nitrogens with two attached hydrogens (primary N) is 1. The largest absolute Gasteiger partial charge is 0.398 e. The van der Waals surface area contributed by atoms with Gasteiger partial charge in [-0.1, -0.05) is 6.07 Å². The predicted octanol–water partition coefficient (Wildman–Crippen LogP) is 3.28. The fourth-order valence-corrected chi connectivity index (χ4v) is 2.35. The lowest BCUT2D eigenvalue weighted by Crippen LogP contribution is -2.23. The van der Waals surface area contributed by atoms with Gasteiger partial charge in [-0.2, -0.15) is 13.2 Å². The average molecular weight is 258 g/mol. The number of aryl methyl sites for hydroxylation is 1. The molecule has 5 heteroatoms. The molecule has 0 aliphatic carbocycles. The Bertz CT molecular complexity index is 441. The fourth-order valence-electron chi connectivity index (χ4n) is 2.35. The third kappa shape index (κ3) is 2.89. The van der Waals surface area contributed by atoms with E-state index < -0.39 is 12.6 Å². The summed E-state index contributed by atoms with van der Waals surface area (Å²) in [5.74, 6) is 0. The Labute approximate surface area is 105 Å². The van der Waals surface area contributed by atoms with Crippen LogP contribution in [0, 0.1) is 6.92 Å². The third-order valence-corrected chi connectivity index (χ3v) is 3.35. The molecule has 0 unspecified atom stereocenters. The van der Waals surface area contributed by atoms with Gasteiger partial charge in [0.1, 0.15) is 0 Å². The van der Waals surface area contributed by atoms with E-state index in [1.807, 2.05) is 24.0 Å². The highest BCUT2D eigenvalue weighted by molar-refractivity contribution is 5.67. The number of fused-ring (bicyclic) bond motifs is 1. The van der Waals surface area contributed by atoms with Crippen molar-refractivity contribution >= 4 is 11.4 Å². The van der Waals surface area contributed by atoms with Crippen molar-refractivity contribution in [1.29, 1.82) is 0 Å². The van der Waals surface area contributed by atoms with Crippen molar-refractivity contribution < 1.29 is 13.2 Å². The van der Waals surface area contributed by atoms with Crippen LogP contribution in [0.1, 0.15) is 24.0 Å². The molecule has 1 aliphatic heterocycles. The van der Waals surface area contributed by atoms with E-state index in [1.165, 1.54) is 5.56 Å². The van der Waals surface area contributed by atoms with Crippen LogP contribution in [0.3, 0.4) is 0 Å². The summed E-state index contributed by atoms with van der Waals surface area (Å²) in [6.45, 7) is 3.17. The van der Waals surface area contributed by atoms with Crippen molar-refractivity contribution in [2.24, 2.45) is 0 Å². The second-order valence-electron chi connectivity index (χ2n) is 4.79. The normalized spacial score (nSPS) is 15.0. The molecule has 1 aliphatic rings. The average Bonchev–Trinajstić information content (AvgIpc) is 2.60. The van der Waals surface area contributed by atoms with Gasteiger partial charge in [0.15, 0.2) is 0 Å². The van der Waals surface area contributed by atoms with Gasteiger partial charge in [-0.3, -0.25) is 0 Å². The van der Waals surface area contributed by atoms with Crippen LogP contribution in [0.5, 0.6) is 0 Å². The molecule has 0 aromatic heterocycles. The molecule has 0 spiro atoms. The molecule has 1 aromatic rings. The zero-order chi connectivity index (χ0) is 13.3. The van der Waals surface area contributed by atoms with Crippen LogP contribution < -0.4 is 10.6 Å². The zero-order valence-corrected chi connectivity index (χ0v) is 10.3. The topological polar surface area (TPSA) is 29.3 Å². The van der Waals surface area contributed by atoms with Crippen LogP contribution in [0.15, 0.2) is 12.1 Å². The van der Waals surface area contributed by atoms with E-state index in [0.29, 0.717) is 12.2 Å². The highest BCUT2D eigenvalue weighted by Crippen LogP contribution is 2.32. The molecule has 2 nitrogen and oxygen atoms in total. The van der Waals surface area contributed by atoms with Crippen LogP contribution in [0.25, 0.3) is 0 Å². The quantitative estimate of drug-likeness (QED) is 0.843. The Morgan fingerprint density at radius 1 is 1.33 bits per heavy atom. The summed E-state index contributed by atoms with van der Waals surface area (Å²) in [5, 5.41) is 0. The Hall–Kier alpha value is -1.39. The molecule has 0 radical (unpaired) electrons. The van der Waals surface area contributed by atoms with Crippen molar-refractivity contribution in [3.05, 3.63) is 23.3 Å². The van der Waals surface area contributed by atoms with Crippen molar-refractivity contribution in [3.8, 4) is 0 Å². The van der Waals surface area contributed by atoms with E-state index in [9.17, 15) is 13.2 Å². The fraction of sp³-hybridized carbons (Fsp3) is 0.538. The van der Waals surface area contributed by atoms with Crippen LogP contribution in [0.4, 0.5) is 24.5 Å². The smallest absolute Gasteiger partial charge is 0.389 e. The standard InChI is InChI=1S/C13H17F3N2/c1-9-7-10-3-6-18(12(10)8-11(9)17)5-2-4-13(14,15)16/h7-8H,2-6,17H2,1H3. The maximum Gasteiger partial charge on any atom is 0.389 e. The number of hydrogen-bond acceptors (Lipinski definition) is 2. The summed E-state index contributed by atoms with van der Waals surface area (Å²) in [6, 6.07) is 3.92. The molecular weight excluding hydrogens is 241 g/mol. The number of hydrogen-bond donors (Lipinski definition) is 1. The Kier molecular flexibility index (Phi) is 3.41. The molecule has 0 bridgehead atoms. The Balaban J connectivity index is 2.01.